The highest BCUT2D eigenvalue weighted by Gasteiger charge is 2.07. The zero-order valence-corrected chi connectivity index (χ0v) is 16.9. The minimum Gasteiger partial charge on any atom is -0.381 e. The van der Waals surface area contributed by atoms with Crippen molar-refractivity contribution in [3.05, 3.63) is 0 Å². The summed E-state index contributed by atoms with van der Waals surface area (Å²) in [4.78, 5) is 5.02. The van der Waals surface area contributed by atoms with Crippen LogP contribution in [0.1, 0.15) is 67.2 Å². The first kappa shape index (κ1) is 22.9. The molecule has 0 aromatic carbocycles. The fourth-order valence-corrected chi connectivity index (χ4v) is 2.85. The van der Waals surface area contributed by atoms with E-state index in [2.05, 4.69) is 51.3 Å². The highest BCUT2D eigenvalue weighted by Crippen LogP contribution is 2.11. The molecule has 0 aliphatic carbocycles. The molecule has 0 saturated heterocycles. The quantitative estimate of drug-likeness (QED) is 0.387. The number of nitrogens with zero attached hydrogens (tertiary/aromatic N) is 2. The Hall–Kier alpha value is -0.120. The fourth-order valence-electron chi connectivity index (χ4n) is 2.85. The Morgan fingerprint density at radius 1 is 0.609 bits per heavy atom. The van der Waals surface area contributed by atoms with Crippen LogP contribution in [0.4, 0.5) is 0 Å². The lowest BCUT2D eigenvalue weighted by molar-refractivity contribution is 0.106. The number of ether oxygens (including phenoxy) is 1. The molecule has 0 spiro atoms. The second-order valence-electron chi connectivity index (χ2n) is 7.03. The smallest absolute Gasteiger partial charge is 0.0468 e. The Morgan fingerprint density at radius 2 is 0.957 bits per heavy atom. The standard InChI is InChI=1S/C20H44N2O/c1-7-21(8-2)15-11-19(5)13-17-23-18-14-20(6)12-16-22(9-3)10-4/h19-20H,7-18H2,1-6H3. The summed E-state index contributed by atoms with van der Waals surface area (Å²) in [6.07, 6.45) is 5.00. The second-order valence-corrected chi connectivity index (χ2v) is 7.03. The maximum atomic E-state index is 5.87. The van der Waals surface area contributed by atoms with E-state index in [9.17, 15) is 0 Å². The van der Waals surface area contributed by atoms with Crippen molar-refractivity contribution in [2.75, 3.05) is 52.5 Å². The molecule has 0 fully saturated rings. The van der Waals surface area contributed by atoms with Gasteiger partial charge in [-0.05, 0) is 76.8 Å². The molecule has 0 radical (unpaired) electrons. The molecule has 0 saturated carbocycles. The topological polar surface area (TPSA) is 15.7 Å². The normalized spacial score (nSPS) is 14.6. The van der Waals surface area contributed by atoms with Crippen molar-refractivity contribution in [3.63, 3.8) is 0 Å². The van der Waals surface area contributed by atoms with Crippen LogP contribution in [-0.4, -0.2) is 62.3 Å². The summed E-state index contributed by atoms with van der Waals surface area (Å²) in [6, 6.07) is 0. The third-order valence-corrected chi connectivity index (χ3v) is 5.18. The van der Waals surface area contributed by atoms with E-state index < -0.39 is 0 Å². The van der Waals surface area contributed by atoms with Crippen molar-refractivity contribution in [1.29, 1.82) is 0 Å². The van der Waals surface area contributed by atoms with Crippen LogP contribution in [0.25, 0.3) is 0 Å². The van der Waals surface area contributed by atoms with Crippen molar-refractivity contribution < 1.29 is 4.74 Å². The first-order chi connectivity index (χ1) is 11.1. The van der Waals surface area contributed by atoms with Crippen molar-refractivity contribution in [2.45, 2.75) is 67.2 Å². The molecule has 23 heavy (non-hydrogen) atoms. The number of hydrogen-bond donors (Lipinski definition) is 0. The molecule has 2 unspecified atom stereocenters. The summed E-state index contributed by atoms with van der Waals surface area (Å²) in [7, 11) is 0. The summed E-state index contributed by atoms with van der Waals surface area (Å²) in [5.41, 5.74) is 0. The minimum absolute atomic E-state index is 0.774. The third kappa shape index (κ3) is 12.9. The molecule has 0 rings (SSSR count). The van der Waals surface area contributed by atoms with Crippen LogP contribution in [0.5, 0.6) is 0 Å². The van der Waals surface area contributed by atoms with Gasteiger partial charge in [0.1, 0.15) is 0 Å². The molecule has 0 bridgehead atoms. The predicted molar refractivity (Wildman–Crippen MR) is 103 cm³/mol. The molecule has 2 atom stereocenters. The average Bonchev–Trinajstić information content (AvgIpc) is 2.56. The third-order valence-electron chi connectivity index (χ3n) is 5.18. The predicted octanol–water partition coefficient (Wildman–Crippen LogP) is 4.52. The first-order valence-electron chi connectivity index (χ1n) is 10.1. The monoisotopic (exact) mass is 328 g/mol. The first-order valence-corrected chi connectivity index (χ1v) is 10.1. The van der Waals surface area contributed by atoms with Gasteiger partial charge in [-0.15, -0.1) is 0 Å². The highest BCUT2D eigenvalue weighted by atomic mass is 16.5. The van der Waals surface area contributed by atoms with Gasteiger partial charge < -0.3 is 14.5 Å². The van der Waals surface area contributed by atoms with E-state index in [4.69, 9.17) is 4.74 Å². The molecule has 0 aliphatic heterocycles. The van der Waals surface area contributed by atoms with Crippen LogP contribution in [0.15, 0.2) is 0 Å². The van der Waals surface area contributed by atoms with E-state index in [-0.39, 0.29) is 0 Å². The van der Waals surface area contributed by atoms with Crippen molar-refractivity contribution in [1.82, 2.24) is 9.80 Å². The Bertz CT molecular complexity index is 216. The minimum atomic E-state index is 0.774. The SMILES string of the molecule is CCN(CC)CCC(C)CCOCCC(C)CCN(CC)CC. The summed E-state index contributed by atoms with van der Waals surface area (Å²) in [5.74, 6) is 1.55. The molecule has 0 aromatic heterocycles. The lowest BCUT2D eigenvalue weighted by atomic mass is 10.0. The molecule has 3 heteroatoms. The van der Waals surface area contributed by atoms with E-state index in [1.165, 1.54) is 65.0 Å². The van der Waals surface area contributed by atoms with E-state index >= 15 is 0 Å². The summed E-state index contributed by atoms with van der Waals surface area (Å²) in [6.45, 7) is 22.7. The van der Waals surface area contributed by atoms with E-state index in [0.29, 0.717) is 0 Å². The van der Waals surface area contributed by atoms with Gasteiger partial charge in [-0.2, -0.15) is 0 Å². The molecule has 0 aliphatic rings. The van der Waals surface area contributed by atoms with E-state index in [0.717, 1.165) is 25.0 Å². The van der Waals surface area contributed by atoms with Crippen LogP contribution < -0.4 is 0 Å². The summed E-state index contributed by atoms with van der Waals surface area (Å²) < 4.78 is 5.87. The summed E-state index contributed by atoms with van der Waals surface area (Å²) >= 11 is 0. The van der Waals surface area contributed by atoms with Gasteiger partial charge in [-0.25, -0.2) is 0 Å². The summed E-state index contributed by atoms with van der Waals surface area (Å²) in [5, 5.41) is 0. The molecule has 0 N–H and O–H groups in total. The van der Waals surface area contributed by atoms with Crippen molar-refractivity contribution in [3.8, 4) is 0 Å². The van der Waals surface area contributed by atoms with Gasteiger partial charge in [0, 0.05) is 13.2 Å². The van der Waals surface area contributed by atoms with Crippen LogP contribution in [0.3, 0.4) is 0 Å². The van der Waals surface area contributed by atoms with Crippen LogP contribution >= 0.6 is 0 Å². The second kappa shape index (κ2) is 15.4. The van der Waals surface area contributed by atoms with Crippen LogP contribution in [-0.2, 0) is 4.74 Å². The van der Waals surface area contributed by atoms with Crippen molar-refractivity contribution in [2.24, 2.45) is 11.8 Å². The lowest BCUT2D eigenvalue weighted by Gasteiger charge is -2.21. The largest absolute Gasteiger partial charge is 0.381 e. The van der Waals surface area contributed by atoms with Crippen LogP contribution in [0.2, 0.25) is 0 Å². The Balaban J connectivity index is 3.53. The van der Waals surface area contributed by atoms with Crippen LogP contribution in [0, 0.1) is 11.8 Å². The molecule has 0 heterocycles. The Labute approximate surface area is 146 Å². The van der Waals surface area contributed by atoms with Gasteiger partial charge >= 0.3 is 0 Å². The van der Waals surface area contributed by atoms with Gasteiger partial charge in [0.15, 0.2) is 0 Å². The maximum absolute atomic E-state index is 5.87. The van der Waals surface area contributed by atoms with Crippen molar-refractivity contribution >= 4 is 0 Å². The maximum Gasteiger partial charge on any atom is 0.0468 e. The molecular weight excluding hydrogens is 284 g/mol. The molecule has 140 valence electrons. The lowest BCUT2D eigenvalue weighted by Crippen LogP contribution is -2.25. The highest BCUT2D eigenvalue weighted by molar-refractivity contribution is 4.60. The molecule has 3 nitrogen and oxygen atoms in total. The van der Waals surface area contributed by atoms with E-state index in [1.54, 1.807) is 0 Å². The van der Waals surface area contributed by atoms with Gasteiger partial charge in [-0.1, -0.05) is 41.5 Å². The number of hydrogen-bond acceptors (Lipinski definition) is 3. The zero-order chi connectivity index (χ0) is 17.5. The average molecular weight is 329 g/mol. The van der Waals surface area contributed by atoms with Gasteiger partial charge in [0.25, 0.3) is 0 Å². The Kier molecular flexibility index (Phi) is 15.3. The van der Waals surface area contributed by atoms with Gasteiger partial charge in [-0.3, -0.25) is 0 Å². The molecule has 0 aromatic rings. The zero-order valence-electron chi connectivity index (χ0n) is 16.9. The Morgan fingerprint density at radius 3 is 1.26 bits per heavy atom. The molecular formula is C20H44N2O. The van der Waals surface area contributed by atoms with Gasteiger partial charge in [0.05, 0.1) is 0 Å². The van der Waals surface area contributed by atoms with Gasteiger partial charge in [0.2, 0.25) is 0 Å². The molecule has 0 amide bonds. The van der Waals surface area contributed by atoms with E-state index in [1.807, 2.05) is 0 Å². The fraction of sp³-hybridized carbons (Fsp3) is 1.00. The number of rotatable bonds is 16.